The first-order chi connectivity index (χ1) is 9.22. The van der Waals surface area contributed by atoms with Crippen LogP contribution < -0.4 is 4.74 Å². The fourth-order valence-electron chi connectivity index (χ4n) is 1.44. The van der Waals surface area contributed by atoms with Gasteiger partial charge in [0.2, 0.25) is 0 Å². The lowest BCUT2D eigenvalue weighted by Gasteiger charge is -2.08. The molecule has 0 unspecified atom stereocenters. The van der Waals surface area contributed by atoms with Crippen molar-refractivity contribution in [2.24, 2.45) is 0 Å². The van der Waals surface area contributed by atoms with Crippen molar-refractivity contribution in [3.63, 3.8) is 0 Å². The molecular formula is C15H17NO3. The minimum absolute atomic E-state index is 0.0330. The molecule has 0 aliphatic rings. The van der Waals surface area contributed by atoms with Crippen LogP contribution >= 0.6 is 0 Å². The fraction of sp³-hybridized carbons (Fsp3) is 0.333. The van der Waals surface area contributed by atoms with E-state index in [1.165, 1.54) is 6.08 Å². The van der Waals surface area contributed by atoms with E-state index in [0.29, 0.717) is 17.9 Å². The highest BCUT2D eigenvalue weighted by Crippen LogP contribution is 2.21. The Kier molecular flexibility index (Phi) is 6.17. The largest absolute Gasteiger partial charge is 0.493 e. The molecule has 100 valence electrons. The topological polar surface area (TPSA) is 59.3 Å². The Morgan fingerprint density at radius 2 is 2.11 bits per heavy atom. The Hall–Kier alpha value is -2.28. The Morgan fingerprint density at radius 1 is 1.37 bits per heavy atom. The smallest absolute Gasteiger partial charge is 0.348 e. The van der Waals surface area contributed by atoms with Crippen LogP contribution in [0.2, 0.25) is 0 Å². The van der Waals surface area contributed by atoms with E-state index in [1.54, 1.807) is 13.0 Å². The predicted octanol–water partition coefficient (Wildman–Crippen LogP) is 2.95. The summed E-state index contributed by atoms with van der Waals surface area (Å²) < 4.78 is 10.4. The van der Waals surface area contributed by atoms with Gasteiger partial charge in [-0.25, -0.2) is 4.79 Å². The van der Waals surface area contributed by atoms with E-state index >= 15 is 0 Å². The van der Waals surface area contributed by atoms with E-state index in [-0.39, 0.29) is 12.2 Å². The molecule has 0 saturated carbocycles. The van der Waals surface area contributed by atoms with Gasteiger partial charge in [0.1, 0.15) is 17.4 Å². The highest BCUT2D eigenvalue weighted by molar-refractivity contribution is 5.98. The molecule has 0 heterocycles. The number of hydrogen-bond donors (Lipinski definition) is 0. The van der Waals surface area contributed by atoms with Crippen molar-refractivity contribution in [2.45, 2.75) is 20.3 Å². The first-order valence-corrected chi connectivity index (χ1v) is 6.23. The number of ether oxygens (including phenoxy) is 2. The van der Waals surface area contributed by atoms with Crippen molar-refractivity contribution in [3.05, 3.63) is 35.4 Å². The number of nitrogens with zero attached hydrogens (tertiary/aromatic N) is 1. The van der Waals surface area contributed by atoms with Crippen LogP contribution in [0.3, 0.4) is 0 Å². The third kappa shape index (κ3) is 4.47. The molecule has 0 saturated heterocycles. The van der Waals surface area contributed by atoms with Crippen molar-refractivity contribution in [1.29, 1.82) is 5.26 Å². The predicted molar refractivity (Wildman–Crippen MR) is 72.5 cm³/mol. The molecule has 4 nitrogen and oxygen atoms in total. The zero-order chi connectivity index (χ0) is 14.1. The molecule has 0 N–H and O–H groups in total. The number of esters is 1. The second kappa shape index (κ2) is 7.93. The zero-order valence-electron chi connectivity index (χ0n) is 11.2. The van der Waals surface area contributed by atoms with E-state index in [1.807, 2.05) is 31.2 Å². The summed E-state index contributed by atoms with van der Waals surface area (Å²) >= 11 is 0. The number of para-hydroxylation sites is 1. The standard InChI is InChI=1S/C15H17NO3/c1-3-9-19-14-8-6-5-7-12(14)10-13(11-16)15(17)18-4-2/h5-8,10H,3-4,9H2,1-2H3/b13-10-. The van der Waals surface area contributed by atoms with Gasteiger partial charge in [-0.2, -0.15) is 5.26 Å². The monoisotopic (exact) mass is 259 g/mol. The molecule has 0 aliphatic carbocycles. The van der Waals surface area contributed by atoms with Crippen molar-refractivity contribution in [1.82, 2.24) is 0 Å². The second-order valence-corrected chi connectivity index (χ2v) is 3.78. The number of benzene rings is 1. The number of nitriles is 1. The minimum Gasteiger partial charge on any atom is -0.493 e. The van der Waals surface area contributed by atoms with Gasteiger partial charge in [-0.3, -0.25) is 0 Å². The third-order valence-corrected chi connectivity index (χ3v) is 2.30. The van der Waals surface area contributed by atoms with Crippen LogP contribution in [0.1, 0.15) is 25.8 Å². The summed E-state index contributed by atoms with van der Waals surface area (Å²) in [6.45, 7) is 4.54. The lowest BCUT2D eigenvalue weighted by Crippen LogP contribution is -2.06. The van der Waals surface area contributed by atoms with Crippen molar-refractivity contribution < 1.29 is 14.3 Å². The molecule has 1 aromatic rings. The van der Waals surface area contributed by atoms with Crippen LogP contribution in [0.15, 0.2) is 29.8 Å². The first-order valence-electron chi connectivity index (χ1n) is 6.23. The summed E-state index contributed by atoms with van der Waals surface area (Å²) in [5.41, 5.74) is 0.662. The van der Waals surface area contributed by atoms with Gasteiger partial charge in [-0.1, -0.05) is 25.1 Å². The highest BCUT2D eigenvalue weighted by atomic mass is 16.5. The molecule has 0 aliphatic heterocycles. The Labute approximate surface area is 113 Å². The average molecular weight is 259 g/mol. The number of carbonyl (C=O) groups is 1. The molecule has 4 heteroatoms. The van der Waals surface area contributed by atoms with E-state index in [4.69, 9.17) is 14.7 Å². The maximum atomic E-state index is 11.6. The van der Waals surface area contributed by atoms with Crippen LogP contribution in [0, 0.1) is 11.3 Å². The van der Waals surface area contributed by atoms with E-state index < -0.39 is 5.97 Å². The lowest BCUT2D eigenvalue weighted by atomic mass is 10.1. The van der Waals surface area contributed by atoms with Gasteiger partial charge in [0, 0.05) is 5.56 Å². The molecule has 1 aromatic carbocycles. The molecule has 0 amide bonds. The van der Waals surface area contributed by atoms with Crippen LogP contribution in [0.5, 0.6) is 5.75 Å². The molecule has 0 radical (unpaired) electrons. The Morgan fingerprint density at radius 3 is 2.74 bits per heavy atom. The molecular weight excluding hydrogens is 242 g/mol. The van der Waals surface area contributed by atoms with Crippen LogP contribution in [0.25, 0.3) is 6.08 Å². The SMILES string of the molecule is CCCOc1ccccc1/C=C(/C#N)C(=O)OCC. The Balaban J connectivity index is 3.01. The molecule has 1 rings (SSSR count). The normalized spacial score (nSPS) is 10.7. The second-order valence-electron chi connectivity index (χ2n) is 3.78. The van der Waals surface area contributed by atoms with Crippen LogP contribution in [-0.2, 0) is 9.53 Å². The van der Waals surface area contributed by atoms with Gasteiger partial charge >= 0.3 is 5.97 Å². The maximum absolute atomic E-state index is 11.6. The fourth-order valence-corrected chi connectivity index (χ4v) is 1.44. The van der Waals surface area contributed by atoms with Gasteiger partial charge in [0.05, 0.1) is 13.2 Å². The van der Waals surface area contributed by atoms with E-state index in [0.717, 1.165) is 6.42 Å². The van der Waals surface area contributed by atoms with Gasteiger partial charge in [-0.15, -0.1) is 0 Å². The summed E-state index contributed by atoms with van der Waals surface area (Å²) in [5, 5.41) is 8.99. The molecule has 0 spiro atoms. The summed E-state index contributed by atoms with van der Waals surface area (Å²) in [5.74, 6) is 0.0386. The quantitative estimate of drug-likeness (QED) is 0.447. The minimum atomic E-state index is -0.615. The number of rotatable bonds is 6. The molecule has 0 fully saturated rings. The first kappa shape index (κ1) is 14.8. The van der Waals surface area contributed by atoms with Crippen molar-refractivity contribution in [2.75, 3.05) is 13.2 Å². The van der Waals surface area contributed by atoms with Gasteiger partial charge in [0.15, 0.2) is 0 Å². The lowest BCUT2D eigenvalue weighted by molar-refractivity contribution is -0.137. The maximum Gasteiger partial charge on any atom is 0.348 e. The summed E-state index contributed by atoms with van der Waals surface area (Å²) in [4.78, 5) is 11.6. The Bertz CT molecular complexity index is 500. The summed E-state index contributed by atoms with van der Waals surface area (Å²) in [6.07, 6.45) is 2.38. The average Bonchev–Trinajstić information content (AvgIpc) is 2.43. The highest BCUT2D eigenvalue weighted by Gasteiger charge is 2.11. The van der Waals surface area contributed by atoms with E-state index in [2.05, 4.69) is 0 Å². The third-order valence-electron chi connectivity index (χ3n) is 2.30. The summed E-state index contributed by atoms with van der Waals surface area (Å²) in [7, 11) is 0. The van der Waals surface area contributed by atoms with Gasteiger partial charge < -0.3 is 9.47 Å². The van der Waals surface area contributed by atoms with Crippen LogP contribution in [-0.4, -0.2) is 19.2 Å². The van der Waals surface area contributed by atoms with Gasteiger partial charge in [-0.05, 0) is 25.5 Å². The van der Waals surface area contributed by atoms with Crippen LogP contribution in [0.4, 0.5) is 0 Å². The summed E-state index contributed by atoms with van der Waals surface area (Å²) in [6, 6.07) is 9.12. The number of hydrogen-bond acceptors (Lipinski definition) is 4. The zero-order valence-corrected chi connectivity index (χ0v) is 11.2. The van der Waals surface area contributed by atoms with Gasteiger partial charge in [0.25, 0.3) is 0 Å². The molecule has 0 aromatic heterocycles. The molecule has 0 atom stereocenters. The molecule has 19 heavy (non-hydrogen) atoms. The van der Waals surface area contributed by atoms with E-state index in [9.17, 15) is 4.79 Å². The molecule has 0 bridgehead atoms. The van der Waals surface area contributed by atoms with Crippen molar-refractivity contribution in [3.8, 4) is 11.8 Å². The number of carbonyl (C=O) groups excluding carboxylic acids is 1. The van der Waals surface area contributed by atoms with Crippen molar-refractivity contribution >= 4 is 12.0 Å².